The Morgan fingerprint density at radius 1 is 1.03 bits per heavy atom. The van der Waals surface area contributed by atoms with Crippen molar-refractivity contribution in [2.45, 2.75) is 25.0 Å². The Bertz CT molecular complexity index is 1340. The van der Waals surface area contributed by atoms with E-state index < -0.39 is 11.2 Å². The number of aliphatic imine (C=N–C) groups is 1. The van der Waals surface area contributed by atoms with Crippen LogP contribution in [-0.4, -0.2) is 53.4 Å². The van der Waals surface area contributed by atoms with Crippen LogP contribution in [0.5, 0.6) is 5.75 Å². The van der Waals surface area contributed by atoms with Crippen LogP contribution in [0.2, 0.25) is 5.02 Å². The number of amidine groups is 1. The average Bonchev–Trinajstić information content (AvgIpc) is 3.22. The molecule has 3 aromatic rings. The van der Waals surface area contributed by atoms with Gasteiger partial charge >= 0.3 is 5.97 Å². The molecule has 8 nitrogen and oxygen atoms in total. The molecule has 1 saturated heterocycles. The first-order valence-electron chi connectivity index (χ1n) is 12.4. The fourth-order valence-corrected chi connectivity index (χ4v) is 5.18. The van der Waals surface area contributed by atoms with E-state index in [1.807, 2.05) is 36.4 Å². The molecule has 0 saturated carbocycles. The first-order valence-corrected chi connectivity index (χ1v) is 13.6. The lowest BCUT2D eigenvalue weighted by Crippen LogP contribution is -2.35. The zero-order chi connectivity index (χ0) is 27.8. The van der Waals surface area contributed by atoms with Crippen molar-refractivity contribution in [2.24, 2.45) is 4.99 Å². The van der Waals surface area contributed by atoms with Gasteiger partial charge in [-0.3, -0.25) is 14.5 Å². The number of rotatable bonds is 10. The number of methoxy groups -OCH3 is 1. The van der Waals surface area contributed by atoms with Gasteiger partial charge in [0.1, 0.15) is 11.0 Å². The second kappa shape index (κ2) is 13.3. The summed E-state index contributed by atoms with van der Waals surface area (Å²) in [5.74, 6) is -0.202. The van der Waals surface area contributed by atoms with Crippen LogP contribution in [0.4, 0.5) is 11.4 Å². The van der Waals surface area contributed by atoms with E-state index in [1.54, 1.807) is 55.3 Å². The summed E-state index contributed by atoms with van der Waals surface area (Å²) in [5, 5.41) is 3.37. The molecule has 4 rings (SSSR count). The molecule has 0 radical (unpaired) electrons. The highest BCUT2D eigenvalue weighted by atomic mass is 35.5. The lowest BCUT2D eigenvalue weighted by Gasteiger charge is -2.16. The molecule has 202 valence electrons. The number of amides is 2. The number of hydrogen-bond acceptors (Lipinski definition) is 7. The summed E-state index contributed by atoms with van der Waals surface area (Å²) in [6, 6.07) is 21.1. The van der Waals surface area contributed by atoms with Crippen molar-refractivity contribution in [1.82, 2.24) is 4.90 Å². The highest BCUT2D eigenvalue weighted by Gasteiger charge is 2.39. The van der Waals surface area contributed by atoms with E-state index in [-0.39, 0.29) is 24.8 Å². The van der Waals surface area contributed by atoms with Crippen molar-refractivity contribution in [2.75, 3.05) is 25.6 Å². The number of esters is 1. The Labute approximate surface area is 236 Å². The smallest absolute Gasteiger partial charge is 0.338 e. The van der Waals surface area contributed by atoms with Gasteiger partial charge in [-0.05, 0) is 79.6 Å². The van der Waals surface area contributed by atoms with Gasteiger partial charge in [-0.2, -0.15) is 0 Å². The highest BCUT2D eigenvalue weighted by Crippen LogP contribution is 2.32. The summed E-state index contributed by atoms with van der Waals surface area (Å²) in [5.41, 5.74) is 2.63. The summed E-state index contributed by atoms with van der Waals surface area (Å²) >= 11 is 7.27. The highest BCUT2D eigenvalue weighted by molar-refractivity contribution is 8.15. The van der Waals surface area contributed by atoms with Crippen LogP contribution >= 0.6 is 23.4 Å². The summed E-state index contributed by atoms with van der Waals surface area (Å²) in [4.78, 5) is 44.4. The molecule has 10 heteroatoms. The number of halogens is 1. The molecule has 0 aromatic heterocycles. The van der Waals surface area contributed by atoms with Crippen LogP contribution in [0, 0.1) is 0 Å². The molecule has 39 heavy (non-hydrogen) atoms. The van der Waals surface area contributed by atoms with Gasteiger partial charge in [-0.1, -0.05) is 35.5 Å². The Morgan fingerprint density at radius 2 is 1.72 bits per heavy atom. The molecule has 0 spiro atoms. The van der Waals surface area contributed by atoms with E-state index in [4.69, 9.17) is 26.1 Å². The third-order valence-electron chi connectivity index (χ3n) is 5.91. The molecule has 0 bridgehead atoms. The second-order valence-corrected chi connectivity index (χ2v) is 10.2. The Hall–Kier alpha value is -3.82. The fraction of sp³-hybridized carbons (Fsp3) is 0.241. The third kappa shape index (κ3) is 7.61. The second-order valence-electron chi connectivity index (χ2n) is 8.62. The largest absolute Gasteiger partial charge is 0.497 e. The van der Waals surface area contributed by atoms with Gasteiger partial charge in [0.25, 0.3) is 0 Å². The normalized spacial score (nSPS) is 15.9. The Balaban J connectivity index is 1.46. The van der Waals surface area contributed by atoms with Crippen LogP contribution in [0.1, 0.15) is 29.3 Å². The van der Waals surface area contributed by atoms with Crippen LogP contribution in [-0.2, 0) is 20.7 Å². The number of thioether (sulfide) groups is 1. The SMILES string of the molecule is CCOC(=O)c1ccc(NC(=O)C[C@H]2SC(=Nc3ccc(OC)cc3)N(CCc3ccc(Cl)cc3)C2=O)cc1. The zero-order valence-electron chi connectivity index (χ0n) is 21.6. The number of anilines is 1. The van der Waals surface area contributed by atoms with Gasteiger partial charge in [0.2, 0.25) is 11.8 Å². The van der Waals surface area contributed by atoms with Crippen LogP contribution in [0.15, 0.2) is 77.8 Å². The van der Waals surface area contributed by atoms with Gasteiger partial charge in [0.15, 0.2) is 5.17 Å². The number of benzene rings is 3. The minimum atomic E-state index is -0.619. The van der Waals surface area contributed by atoms with Crippen molar-refractivity contribution < 1.29 is 23.9 Å². The maximum absolute atomic E-state index is 13.4. The minimum absolute atomic E-state index is 0.0256. The number of nitrogens with zero attached hydrogens (tertiary/aromatic N) is 2. The van der Waals surface area contributed by atoms with Crippen LogP contribution in [0.3, 0.4) is 0 Å². The molecular weight excluding hydrogens is 538 g/mol. The summed E-state index contributed by atoms with van der Waals surface area (Å²) in [6.45, 7) is 2.43. The summed E-state index contributed by atoms with van der Waals surface area (Å²) < 4.78 is 10.2. The minimum Gasteiger partial charge on any atom is -0.497 e. The van der Waals surface area contributed by atoms with Gasteiger partial charge < -0.3 is 14.8 Å². The Morgan fingerprint density at radius 3 is 2.36 bits per heavy atom. The summed E-state index contributed by atoms with van der Waals surface area (Å²) in [7, 11) is 1.59. The van der Waals surface area contributed by atoms with Crippen molar-refractivity contribution in [1.29, 1.82) is 0 Å². The van der Waals surface area contributed by atoms with Gasteiger partial charge in [-0.15, -0.1) is 0 Å². The van der Waals surface area contributed by atoms with Gasteiger partial charge in [0, 0.05) is 23.7 Å². The average molecular weight is 566 g/mol. The molecule has 1 atom stereocenters. The van der Waals surface area contributed by atoms with Crippen LogP contribution < -0.4 is 10.1 Å². The van der Waals surface area contributed by atoms with E-state index in [0.717, 1.165) is 5.56 Å². The number of carbonyl (C=O) groups is 3. The molecule has 1 heterocycles. The molecule has 1 aliphatic rings. The first-order chi connectivity index (χ1) is 18.9. The molecule has 0 aliphatic carbocycles. The first kappa shape index (κ1) is 28.2. The monoisotopic (exact) mass is 565 g/mol. The van der Waals surface area contributed by atoms with Crippen molar-refractivity contribution in [3.8, 4) is 5.75 Å². The van der Waals surface area contributed by atoms with Crippen molar-refractivity contribution in [3.05, 3.63) is 88.9 Å². The van der Waals surface area contributed by atoms with Crippen molar-refractivity contribution >= 4 is 57.7 Å². The molecule has 3 aromatic carbocycles. The number of nitrogens with one attached hydrogen (secondary N) is 1. The maximum atomic E-state index is 13.4. The number of hydrogen-bond donors (Lipinski definition) is 1. The lowest BCUT2D eigenvalue weighted by atomic mass is 10.1. The molecule has 1 aliphatic heterocycles. The van der Waals surface area contributed by atoms with Crippen molar-refractivity contribution in [3.63, 3.8) is 0 Å². The van der Waals surface area contributed by atoms with Crippen LogP contribution in [0.25, 0.3) is 0 Å². The van der Waals surface area contributed by atoms with E-state index in [9.17, 15) is 14.4 Å². The molecule has 1 N–H and O–H groups in total. The van der Waals surface area contributed by atoms with E-state index in [1.165, 1.54) is 11.8 Å². The predicted molar refractivity (Wildman–Crippen MR) is 154 cm³/mol. The molecule has 0 unspecified atom stereocenters. The van der Waals surface area contributed by atoms with E-state index in [2.05, 4.69) is 5.32 Å². The Kier molecular flexibility index (Phi) is 9.62. The lowest BCUT2D eigenvalue weighted by molar-refractivity contribution is -0.128. The quantitative estimate of drug-likeness (QED) is 0.315. The third-order valence-corrected chi connectivity index (χ3v) is 7.33. The molecular formula is C29H28ClN3O5S. The maximum Gasteiger partial charge on any atom is 0.338 e. The molecule has 2 amide bonds. The van der Waals surface area contributed by atoms with Gasteiger partial charge in [0.05, 0.1) is 25.0 Å². The van der Waals surface area contributed by atoms with E-state index >= 15 is 0 Å². The van der Waals surface area contributed by atoms with E-state index in [0.29, 0.717) is 45.8 Å². The number of carbonyl (C=O) groups excluding carboxylic acids is 3. The standard InChI is InChI=1S/C29H28ClN3O5S/c1-3-38-28(36)20-6-10-22(11-7-20)31-26(34)18-25-27(35)33(17-16-19-4-8-21(30)9-5-19)29(39-25)32-23-12-14-24(37-2)15-13-23/h4-15,25H,3,16-18H2,1-2H3,(H,31,34)/t25-/m1/s1. The predicted octanol–water partition coefficient (Wildman–Crippen LogP) is 5.73. The zero-order valence-corrected chi connectivity index (χ0v) is 23.1. The van der Waals surface area contributed by atoms with Gasteiger partial charge in [-0.25, -0.2) is 9.79 Å². The fourth-order valence-electron chi connectivity index (χ4n) is 3.87. The molecule has 1 fully saturated rings. The number of ether oxygens (including phenoxy) is 2. The topological polar surface area (TPSA) is 97.3 Å². The summed E-state index contributed by atoms with van der Waals surface area (Å²) in [6.07, 6.45) is 0.582.